The van der Waals surface area contributed by atoms with Crippen LogP contribution in [0.4, 0.5) is 10.1 Å². The normalized spacial score (nSPS) is 10.5. The van der Waals surface area contributed by atoms with Crippen LogP contribution >= 0.6 is 38.9 Å². The molecule has 90 valence electrons. The summed E-state index contributed by atoms with van der Waals surface area (Å²) in [6.45, 7) is 0.556. The first-order chi connectivity index (χ1) is 8.06. The number of hydrogen-bond donors (Lipinski definition) is 2. The molecule has 0 aliphatic carbocycles. The molecule has 0 radical (unpaired) electrons. The van der Waals surface area contributed by atoms with E-state index < -0.39 is 5.82 Å². The van der Waals surface area contributed by atoms with Crippen molar-refractivity contribution in [3.05, 3.63) is 43.8 Å². The second-order valence-electron chi connectivity index (χ2n) is 3.35. The summed E-state index contributed by atoms with van der Waals surface area (Å²) in [6.07, 6.45) is 0. The lowest BCUT2D eigenvalue weighted by molar-refractivity contribution is 0.432. The third kappa shape index (κ3) is 3.12. The van der Waals surface area contributed by atoms with Gasteiger partial charge in [0.15, 0.2) is 11.6 Å². The molecule has 0 saturated carbocycles. The number of rotatable bonds is 3. The van der Waals surface area contributed by atoms with Crippen LogP contribution in [-0.2, 0) is 6.54 Å². The van der Waals surface area contributed by atoms with E-state index in [1.807, 2.05) is 6.07 Å². The topological polar surface area (TPSA) is 32.3 Å². The predicted octanol–water partition coefficient (Wildman–Crippen LogP) is 4.62. The Balaban J connectivity index is 2.04. The molecule has 0 bridgehead atoms. The maximum Gasteiger partial charge on any atom is 0.166 e. The molecular formula is C11H8BrClFNOS. The lowest BCUT2D eigenvalue weighted by Gasteiger charge is -2.05. The summed E-state index contributed by atoms with van der Waals surface area (Å²) in [5.74, 6) is -0.988. The first-order valence-corrected chi connectivity index (χ1v) is 6.71. The highest BCUT2D eigenvalue weighted by Crippen LogP contribution is 2.32. The number of anilines is 1. The number of phenolic OH excluding ortho intramolecular Hbond substituents is 1. The maximum absolute atomic E-state index is 13.1. The Morgan fingerprint density at radius 3 is 2.76 bits per heavy atom. The summed E-state index contributed by atoms with van der Waals surface area (Å²) < 4.78 is 14.6. The minimum atomic E-state index is -0.639. The summed E-state index contributed by atoms with van der Waals surface area (Å²) in [7, 11) is 0. The standard InChI is InChI=1S/C11H8BrClFNOS/c12-8-4-7(17-11(8)13)5-15-6-1-2-10(16)9(14)3-6/h1-4,15-16H,5H2. The van der Waals surface area contributed by atoms with Gasteiger partial charge in [-0.05, 0) is 34.1 Å². The Hall–Kier alpha value is -0.780. The van der Waals surface area contributed by atoms with Crippen LogP contribution in [0, 0.1) is 5.82 Å². The molecule has 0 spiro atoms. The molecule has 2 rings (SSSR count). The maximum atomic E-state index is 13.1. The molecule has 1 aromatic heterocycles. The third-order valence-corrected chi connectivity index (χ3v) is 4.59. The molecule has 0 saturated heterocycles. The van der Waals surface area contributed by atoms with Crippen LogP contribution in [0.5, 0.6) is 5.75 Å². The molecule has 6 heteroatoms. The van der Waals surface area contributed by atoms with Gasteiger partial charge in [-0.1, -0.05) is 11.6 Å². The van der Waals surface area contributed by atoms with Gasteiger partial charge in [-0.2, -0.15) is 0 Å². The van der Waals surface area contributed by atoms with E-state index in [-0.39, 0.29) is 5.75 Å². The minimum absolute atomic E-state index is 0.350. The molecule has 0 fully saturated rings. The molecule has 0 amide bonds. The Morgan fingerprint density at radius 2 is 2.18 bits per heavy atom. The van der Waals surface area contributed by atoms with Crippen LogP contribution in [0.25, 0.3) is 0 Å². The average Bonchev–Trinajstić information content (AvgIpc) is 2.60. The van der Waals surface area contributed by atoms with E-state index in [4.69, 9.17) is 16.7 Å². The van der Waals surface area contributed by atoms with Crippen LogP contribution in [-0.4, -0.2) is 5.11 Å². The number of benzene rings is 1. The highest BCUT2D eigenvalue weighted by atomic mass is 79.9. The molecule has 0 atom stereocenters. The average molecular weight is 337 g/mol. The summed E-state index contributed by atoms with van der Waals surface area (Å²) in [6, 6.07) is 6.09. The van der Waals surface area contributed by atoms with E-state index in [9.17, 15) is 4.39 Å². The zero-order chi connectivity index (χ0) is 12.4. The summed E-state index contributed by atoms with van der Waals surface area (Å²) in [4.78, 5) is 1.04. The number of phenols is 1. The van der Waals surface area contributed by atoms with Gasteiger partial charge >= 0.3 is 0 Å². The van der Waals surface area contributed by atoms with Crippen LogP contribution < -0.4 is 5.32 Å². The number of nitrogens with one attached hydrogen (secondary N) is 1. The van der Waals surface area contributed by atoms with Crippen molar-refractivity contribution in [2.45, 2.75) is 6.54 Å². The Bertz CT molecular complexity index is 527. The lowest BCUT2D eigenvalue weighted by atomic mass is 10.3. The fourth-order valence-corrected chi connectivity index (χ4v) is 3.01. The Morgan fingerprint density at radius 1 is 1.41 bits per heavy atom. The molecule has 2 N–H and O–H groups in total. The lowest BCUT2D eigenvalue weighted by Crippen LogP contribution is -1.97. The van der Waals surface area contributed by atoms with Crippen molar-refractivity contribution in [1.29, 1.82) is 0 Å². The van der Waals surface area contributed by atoms with Crippen molar-refractivity contribution >= 4 is 44.6 Å². The Kier molecular flexibility index (Phi) is 3.91. The predicted molar refractivity (Wildman–Crippen MR) is 72.4 cm³/mol. The van der Waals surface area contributed by atoms with E-state index in [2.05, 4.69) is 21.2 Å². The molecule has 0 aliphatic heterocycles. The monoisotopic (exact) mass is 335 g/mol. The van der Waals surface area contributed by atoms with Crippen molar-refractivity contribution in [3.63, 3.8) is 0 Å². The van der Waals surface area contributed by atoms with Gasteiger partial charge < -0.3 is 10.4 Å². The largest absolute Gasteiger partial charge is 0.505 e. The van der Waals surface area contributed by atoms with Gasteiger partial charge in [0.1, 0.15) is 4.34 Å². The molecule has 1 heterocycles. The molecular weight excluding hydrogens is 329 g/mol. The van der Waals surface area contributed by atoms with Crippen molar-refractivity contribution in [1.82, 2.24) is 0 Å². The number of thiophene rings is 1. The Labute approximate surface area is 115 Å². The second-order valence-corrected chi connectivity index (χ2v) is 5.95. The highest BCUT2D eigenvalue weighted by Gasteiger charge is 2.05. The molecule has 2 aromatic rings. The summed E-state index contributed by atoms with van der Waals surface area (Å²) in [5, 5.41) is 12.1. The molecule has 1 aromatic carbocycles. The molecule has 17 heavy (non-hydrogen) atoms. The molecule has 2 nitrogen and oxygen atoms in total. The third-order valence-electron chi connectivity index (χ3n) is 2.11. The van der Waals surface area contributed by atoms with Crippen LogP contribution in [0.1, 0.15) is 4.88 Å². The van der Waals surface area contributed by atoms with E-state index >= 15 is 0 Å². The van der Waals surface area contributed by atoms with Crippen LogP contribution in [0.15, 0.2) is 28.7 Å². The number of halogens is 3. The minimum Gasteiger partial charge on any atom is -0.505 e. The van der Waals surface area contributed by atoms with Gasteiger partial charge in [0.2, 0.25) is 0 Å². The van der Waals surface area contributed by atoms with Crippen molar-refractivity contribution in [3.8, 4) is 5.75 Å². The van der Waals surface area contributed by atoms with E-state index in [1.54, 1.807) is 6.07 Å². The van der Waals surface area contributed by atoms with Crippen LogP contribution in [0.3, 0.4) is 0 Å². The zero-order valence-electron chi connectivity index (χ0n) is 8.51. The van der Waals surface area contributed by atoms with E-state index in [0.29, 0.717) is 16.6 Å². The molecule has 0 unspecified atom stereocenters. The number of aromatic hydroxyl groups is 1. The van der Waals surface area contributed by atoms with Crippen LogP contribution in [0.2, 0.25) is 4.34 Å². The quantitative estimate of drug-likeness (QED) is 0.802. The van der Waals surface area contributed by atoms with Gasteiger partial charge in [-0.15, -0.1) is 11.3 Å². The van der Waals surface area contributed by atoms with Gasteiger partial charge in [0.25, 0.3) is 0 Å². The summed E-state index contributed by atoms with van der Waals surface area (Å²) in [5.41, 5.74) is 0.612. The highest BCUT2D eigenvalue weighted by molar-refractivity contribution is 9.10. The fraction of sp³-hybridized carbons (Fsp3) is 0.0909. The van der Waals surface area contributed by atoms with Gasteiger partial charge in [0.05, 0.1) is 0 Å². The zero-order valence-corrected chi connectivity index (χ0v) is 11.7. The van der Waals surface area contributed by atoms with E-state index in [1.165, 1.54) is 23.5 Å². The van der Waals surface area contributed by atoms with Crippen molar-refractivity contribution in [2.75, 3.05) is 5.32 Å². The van der Waals surface area contributed by atoms with E-state index in [0.717, 1.165) is 9.35 Å². The van der Waals surface area contributed by atoms with Crippen molar-refractivity contribution < 1.29 is 9.50 Å². The SMILES string of the molecule is Oc1ccc(NCc2cc(Br)c(Cl)s2)cc1F. The summed E-state index contributed by atoms with van der Waals surface area (Å²) >= 11 is 10.7. The van der Waals surface area contributed by atoms with Crippen molar-refractivity contribution in [2.24, 2.45) is 0 Å². The van der Waals surface area contributed by atoms with Gasteiger partial charge in [0, 0.05) is 27.6 Å². The first kappa shape index (κ1) is 12.7. The first-order valence-electron chi connectivity index (χ1n) is 4.72. The smallest absolute Gasteiger partial charge is 0.166 e. The van der Waals surface area contributed by atoms with Gasteiger partial charge in [-0.3, -0.25) is 0 Å². The second kappa shape index (κ2) is 5.25. The van der Waals surface area contributed by atoms with Gasteiger partial charge in [-0.25, -0.2) is 4.39 Å². The fourth-order valence-electron chi connectivity index (χ4n) is 1.28. The number of hydrogen-bond acceptors (Lipinski definition) is 3. The molecule has 0 aliphatic rings.